The molecule has 168 valence electrons. The second-order valence-electron chi connectivity index (χ2n) is 8.22. The number of nitrogens with one attached hydrogen (secondary N) is 1. The van der Waals surface area contributed by atoms with Crippen LogP contribution in [-0.2, 0) is 4.79 Å². The lowest BCUT2D eigenvalue weighted by Gasteiger charge is -2.40. The van der Waals surface area contributed by atoms with Crippen LogP contribution in [0.1, 0.15) is 12.8 Å². The van der Waals surface area contributed by atoms with Crippen molar-refractivity contribution >= 4 is 40.2 Å². The van der Waals surface area contributed by atoms with E-state index in [1.165, 1.54) is 0 Å². The van der Waals surface area contributed by atoms with Crippen molar-refractivity contribution in [1.29, 1.82) is 0 Å². The number of aromatic amines is 1. The molecule has 9 nitrogen and oxygen atoms in total. The molecule has 4 heterocycles. The SMILES string of the molecule is COc1cccc(N2CCN(C(=O)C3CCCN(c4nc(Cl)nc5nc[nH]c45)C3)CC2)c1. The molecule has 5 rings (SSSR count). The lowest BCUT2D eigenvalue weighted by Crippen LogP contribution is -2.52. The number of rotatable bonds is 4. The number of aromatic nitrogens is 4. The van der Waals surface area contributed by atoms with Crippen LogP contribution in [0.25, 0.3) is 11.2 Å². The fourth-order valence-corrected chi connectivity index (χ4v) is 4.80. The lowest BCUT2D eigenvalue weighted by atomic mass is 9.96. The second-order valence-corrected chi connectivity index (χ2v) is 8.55. The Morgan fingerprint density at radius 1 is 1.16 bits per heavy atom. The van der Waals surface area contributed by atoms with E-state index in [-0.39, 0.29) is 17.1 Å². The number of hydrogen-bond acceptors (Lipinski definition) is 7. The summed E-state index contributed by atoms with van der Waals surface area (Å²) in [6, 6.07) is 8.07. The van der Waals surface area contributed by atoms with Crippen molar-refractivity contribution in [1.82, 2.24) is 24.8 Å². The number of ether oxygens (including phenoxy) is 1. The summed E-state index contributed by atoms with van der Waals surface area (Å²) in [4.78, 5) is 35.7. The smallest absolute Gasteiger partial charge is 0.227 e. The minimum absolute atomic E-state index is 0.0566. The summed E-state index contributed by atoms with van der Waals surface area (Å²) < 4.78 is 5.34. The number of hydrogen-bond donors (Lipinski definition) is 1. The molecule has 0 radical (unpaired) electrons. The van der Waals surface area contributed by atoms with Crippen LogP contribution >= 0.6 is 11.6 Å². The van der Waals surface area contributed by atoms with Crippen molar-refractivity contribution in [2.75, 3.05) is 56.2 Å². The van der Waals surface area contributed by atoms with Crippen LogP contribution in [0.15, 0.2) is 30.6 Å². The maximum Gasteiger partial charge on any atom is 0.227 e. The Morgan fingerprint density at radius 3 is 2.81 bits per heavy atom. The van der Waals surface area contributed by atoms with Gasteiger partial charge in [0.2, 0.25) is 11.2 Å². The summed E-state index contributed by atoms with van der Waals surface area (Å²) in [5, 5.41) is 0.168. The number of benzene rings is 1. The average molecular weight is 456 g/mol. The average Bonchev–Trinajstić information content (AvgIpc) is 3.31. The van der Waals surface area contributed by atoms with Crippen molar-refractivity contribution in [3.05, 3.63) is 35.9 Å². The number of nitrogens with zero attached hydrogens (tertiary/aromatic N) is 6. The van der Waals surface area contributed by atoms with Gasteiger partial charge in [-0.25, -0.2) is 4.98 Å². The van der Waals surface area contributed by atoms with E-state index in [2.05, 4.69) is 35.8 Å². The maximum absolute atomic E-state index is 13.3. The van der Waals surface area contributed by atoms with Crippen molar-refractivity contribution in [2.45, 2.75) is 12.8 Å². The van der Waals surface area contributed by atoms with Crippen LogP contribution in [0.3, 0.4) is 0 Å². The van der Waals surface area contributed by atoms with Crippen molar-refractivity contribution in [2.24, 2.45) is 5.92 Å². The van der Waals surface area contributed by atoms with Gasteiger partial charge in [0.15, 0.2) is 11.5 Å². The van der Waals surface area contributed by atoms with E-state index in [0.717, 1.165) is 68.3 Å². The molecule has 2 aliphatic heterocycles. The van der Waals surface area contributed by atoms with Crippen LogP contribution < -0.4 is 14.5 Å². The van der Waals surface area contributed by atoms with E-state index in [9.17, 15) is 4.79 Å². The van der Waals surface area contributed by atoms with E-state index in [1.807, 2.05) is 23.1 Å². The van der Waals surface area contributed by atoms with E-state index in [0.29, 0.717) is 12.2 Å². The molecule has 1 aromatic carbocycles. The van der Waals surface area contributed by atoms with Crippen LogP contribution in [0.2, 0.25) is 5.28 Å². The normalized spacial score (nSPS) is 19.4. The van der Waals surface area contributed by atoms with Gasteiger partial charge in [0.25, 0.3) is 0 Å². The molecule has 1 amide bonds. The minimum atomic E-state index is -0.0566. The van der Waals surface area contributed by atoms with Crippen LogP contribution in [0, 0.1) is 5.92 Å². The highest BCUT2D eigenvalue weighted by atomic mass is 35.5. The third kappa shape index (κ3) is 4.04. The quantitative estimate of drug-likeness (QED) is 0.604. The summed E-state index contributed by atoms with van der Waals surface area (Å²) in [6.07, 6.45) is 3.40. The number of carbonyl (C=O) groups excluding carboxylic acids is 1. The third-order valence-corrected chi connectivity index (χ3v) is 6.49. The van der Waals surface area contributed by atoms with Gasteiger partial charge in [-0.2, -0.15) is 9.97 Å². The summed E-state index contributed by atoms with van der Waals surface area (Å²) >= 11 is 6.11. The number of methoxy groups -OCH3 is 1. The van der Waals surface area contributed by atoms with E-state index in [4.69, 9.17) is 16.3 Å². The van der Waals surface area contributed by atoms with Crippen molar-refractivity contribution < 1.29 is 9.53 Å². The highest BCUT2D eigenvalue weighted by molar-refractivity contribution is 6.28. The first-order chi connectivity index (χ1) is 15.6. The molecule has 2 saturated heterocycles. The van der Waals surface area contributed by atoms with Gasteiger partial charge < -0.3 is 24.4 Å². The molecule has 0 spiro atoms. The molecule has 1 N–H and O–H groups in total. The number of amides is 1. The van der Waals surface area contributed by atoms with E-state index < -0.39 is 0 Å². The molecule has 2 aromatic heterocycles. The van der Waals surface area contributed by atoms with E-state index in [1.54, 1.807) is 13.4 Å². The Morgan fingerprint density at radius 2 is 2.00 bits per heavy atom. The van der Waals surface area contributed by atoms with Crippen molar-refractivity contribution in [3.8, 4) is 5.75 Å². The van der Waals surface area contributed by atoms with Gasteiger partial charge in [-0.05, 0) is 36.6 Å². The molecule has 3 aromatic rings. The number of piperidine rings is 1. The molecule has 0 bridgehead atoms. The number of piperazine rings is 1. The summed E-state index contributed by atoms with van der Waals surface area (Å²) in [6.45, 7) is 4.51. The molecule has 0 aliphatic carbocycles. The first-order valence-electron chi connectivity index (χ1n) is 10.9. The Hall–Kier alpha value is -3.07. The summed E-state index contributed by atoms with van der Waals surface area (Å²) in [5.74, 6) is 1.73. The molecule has 1 atom stereocenters. The van der Waals surface area contributed by atoms with Crippen LogP contribution in [-0.4, -0.2) is 77.1 Å². The number of anilines is 2. The Bertz CT molecular complexity index is 1110. The first-order valence-corrected chi connectivity index (χ1v) is 11.3. The minimum Gasteiger partial charge on any atom is -0.497 e. The highest BCUT2D eigenvalue weighted by Crippen LogP contribution is 2.29. The zero-order valence-corrected chi connectivity index (χ0v) is 18.8. The highest BCUT2D eigenvalue weighted by Gasteiger charge is 2.32. The second kappa shape index (κ2) is 8.82. The standard InChI is InChI=1S/C22H26ClN7O2/c1-32-17-6-2-5-16(12-17)28-8-10-29(11-9-28)21(31)15-4-3-7-30(13-15)20-18-19(25-14-24-18)26-22(23)27-20/h2,5-6,12,14-15H,3-4,7-11,13H2,1H3,(H,24,25,26,27). The summed E-state index contributed by atoms with van der Waals surface area (Å²) in [5.41, 5.74) is 2.43. The third-order valence-electron chi connectivity index (χ3n) is 6.32. The number of imidazole rings is 1. The molecule has 1 unspecified atom stereocenters. The molecule has 0 saturated carbocycles. The predicted octanol–water partition coefficient (Wildman–Crippen LogP) is 2.58. The van der Waals surface area contributed by atoms with Gasteiger partial charge in [0, 0.05) is 51.0 Å². The molecular formula is C22H26ClN7O2. The zero-order valence-electron chi connectivity index (χ0n) is 18.0. The van der Waals surface area contributed by atoms with Crippen LogP contribution in [0.4, 0.5) is 11.5 Å². The number of carbonyl (C=O) groups is 1. The van der Waals surface area contributed by atoms with Gasteiger partial charge in [-0.15, -0.1) is 0 Å². The zero-order chi connectivity index (χ0) is 22.1. The number of halogens is 1. The van der Waals surface area contributed by atoms with Gasteiger partial charge in [0.1, 0.15) is 11.3 Å². The molecule has 10 heteroatoms. The Balaban J connectivity index is 1.24. The summed E-state index contributed by atoms with van der Waals surface area (Å²) in [7, 11) is 1.68. The fraction of sp³-hybridized carbons (Fsp3) is 0.455. The number of H-pyrrole nitrogens is 1. The van der Waals surface area contributed by atoms with Gasteiger partial charge >= 0.3 is 0 Å². The van der Waals surface area contributed by atoms with Crippen LogP contribution in [0.5, 0.6) is 5.75 Å². The van der Waals surface area contributed by atoms with Crippen molar-refractivity contribution in [3.63, 3.8) is 0 Å². The van der Waals surface area contributed by atoms with E-state index >= 15 is 0 Å². The van der Waals surface area contributed by atoms with Gasteiger partial charge in [-0.3, -0.25) is 4.79 Å². The topological polar surface area (TPSA) is 90.5 Å². The molecule has 32 heavy (non-hydrogen) atoms. The Kier molecular flexibility index (Phi) is 5.73. The monoisotopic (exact) mass is 455 g/mol. The number of fused-ring (bicyclic) bond motifs is 1. The largest absolute Gasteiger partial charge is 0.497 e. The molecule has 2 aliphatic rings. The fourth-order valence-electron chi connectivity index (χ4n) is 4.64. The molecule has 2 fully saturated rings. The van der Waals surface area contributed by atoms with Gasteiger partial charge in [0.05, 0.1) is 19.4 Å². The maximum atomic E-state index is 13.3. The van der Waals surface area contributed by atoms with Gasteiger partial charge in [-0.1, -0.05) is 6.07 Å². The molecular weight excluding hydrogens is 430 g/mol. The first kappa shape index (κ1) is 20.8. The Labute approximate surface area is 191 Å². The predicted molar refractivity (Wildman–Crippen MR) is 123 cm³/mol. The lowest BCUT2D eigenvalue weighted by molar-refractivity contribution is -0.136.